The zero-order valence-corrected chi connectivity index (χ0v) is 10.6. The van der Waals surface area contributed by atoms with Crippen LogP contribution in [0, 0.1) is 17.5 Å². The van der Waals surface area contributed by atoms with E-state index < -0.39 is 23.1 Å². The minimum Gasteiger partial charge on any atom is -0.369 e. The molecule has 0 fully saturated rings. The fourth-order valence-electron chi connectivity index (χ4n) is 2.03. The molecule has 0 atom stereocenters. The van der Waals surface area contributed by atoms with Gasteiger partial charge >= 0.3 is 0 Å². The Hall–Kier alpha value is -2.21. The third-order valence-corrected chi connectivity index (χ3v) is 3.17. The molecule has 3 nitrogen and oxygen atoms in total. The van der Waals surface area contributed by atoms with Gasteiger partial charge in [0.1, 0.15) is 23.1 Å². The number of hydrogen-bond acceptors (Lipinski definition) is 2. The third kappa shape index (κ3) is 1.80. The van der Waals surface area contributed by atoms with Crippen LogP contribution in [0.3, 0.4) is 0 Å². The first kappa shape index (κ1) is 12.8. The van der Waals surface area contributed by atoms with Gasteiger partial charge in [-0.05, 0) is 18.2 Å². The summed E-state index contributed by atoms with van der Waals surface area (Å²) in [7, 11) is 0. The van der Waals surface area contributed by atoms with Crippen molar-refractivity contribution >= 4 is 28.6 Å². The monoisotopic (exact) mass is 297 g/mol. The Morgan fingerprint density at radius 1 is 1.05 bits per heavy atom. The summed E-state index contributed by atoms with van der Waals surface area (Å²) in [4.78, 5) is 3.93. The number of nitrogen functional groups attached to an aromatic ring is 1. The number of nitrogens with two attached hydrogens (primary N) is 1. The fraction of sp³-hybridized carbons (Fsp3) is 0. The molecule has 1 heterocycles. The fourth-order valence-corrected chi connectivity index (χ4v) is 2.19. The molecule has 3 rings (SSSR count). The van der Waals surface area contributed by atoms with Crippen molar-refractivity contribution in [2.45, 2.75) is 0 Å². The van der Waals surface area contributed by atoms with Gasteiger partial charge in [0.2, 0.25) is 5.95 Å². The number of nitrogens with zero attached hydrogens (tertiary/aromatic N) is 2. The van der Waals surface area contributed by atoms with Gasteiger partial charge in [-0.25, -0.2) is 18.2 Å². The van der Waals surface area contributed by atoms with E-state index in [4.69, 9.17) is 17.3 Å². The van der Waals surface area contributed by atoms with Crippen LogP contribution in [0.2, 0.25) is 5.02 Å². The maximum Gasteiger partial charge on any atom is 0.206 e. The van der Waals surface area contributed by atoms with Crippen LogP contribution in [0.15, 0.2) is 30.3 Å². The van der Waals surface area contributed by atoms with Gasteiger partial charge in [-0.3, -0.25) is 4.57 Å². The lowest BCUT2D eigenvalue weighted by molar-refractivity contribution is 0.571. The summed E-state index contributed by atoms with van der Waals surface area (Å²) in [6, 6.07) is 5.66. The van der Waals surface area contributed by atoms with Gasteiger partial charge < -0.3 is 5.73 Å². The van der Waals surface area contributed by atoms with E-state index in [1.54, 1.807) is 0 Å². The highest BCUT2D eigenvalue weighted by atomic mass is 35.5. The summed E-state index contributed by atoms with van der Waals surface area (Å²) in [5.41, 5.74) is 5.65. The molecule has 2 N–H and O–H groups in total. The van der Waals surface area contributed by atoms with Crippen LogP contribution in [0.1, 0.15) is 0 Å². The summed E-state index contributed by atoms with van der Waals surface area (Å²) in [6.45, 7) is 0. The zero-order valence-electron chi connectivity index (χ0n) is 9.87. The lowest BCUT2D eigenvalue weighted by atomic mass is 10.2. The summed E-state index contributed by atoms with van der Waals surface area (Å²) in [6.07, 6.45) is 0. The smallest absolute Gasteiger partial charge is 0.206 e. The molecule has 0 amide bonds. The Morgan fingerprint density at radius 2 is 1.70 bits per heavy atom. The second-order valence-corrected chi connectivity index (χ2v) is 4.54. The molecule has 0 unspecified atom stereocenters. The largest absolute Gasteiger partial charge is 0.369 e. The number of halogens is 4. The molecule has 0 spiro atoms. The van der Waals surface area contributed by atoms with Gasteiger partial charge in [-0.1, -0.05) is 17.7 Å². The van der Waals surface area contributed by atoms with Crippen molar-refractivity contribution in [3.8, 4) is 5.69 Å². The molecule has 0 aliphatic carbocycles. The molecule has 0 radical (unpaired) electrons. The average molecular weight is 298 g/mol. The molecule has 0 saturated heterocycles. The Bertz CT molecular complexity index is 809. The van der Waals surface area contributed by atoms with Gasteiger partial charge in [0.15, 0.2) is 0 Å². The molecule has 2 aromatic carbocycles. The van der Waals surface area contributed by atoms with Gasteiger partial charge in [-0.2, -0.15) is 0 Å². The van der Waals surface area contributed by atoms with Crippen LogP contribution < -0.4 is 5.73 Å². The highest BCUT2D eigenvalue weighted by molar-refractivity contribution is 6.31. The van der Waals surface area contributed by atoms with E-state index in [9.17, 15) is 13.2 Å². The zero-order chi connectivity index (χ0) is 14.4. The van der Waals surface area contributed by atoms with Crippen molar-refractivity contribution in [1.82, 2.24) is 9.55 Å². The SMILES string of the molecule is Nc1nc2cc(Cl)c(F)cc2n1-c1c(F)cccc1F. The normalized spacial score (nSPS) is 11.2. The molecule has 7 heteroatoms. The standard InChI is InChI=1S/C13H7ClF3N3/c14-6-4-10-11(5-9(6)17)20(13(18)19-10)12-7(15)2-1-3-8(12)16/h1-5H,(H2,18,19). The Labute approximate surface area is 116 Å². The molecule has 102 valence electrons. The Kier molecular flexibility index (Phi) is 2.83. The van der Waals surface area contributed by atoms with Gasteiger partial charge in [0.05, 0.1) is 16.1 Å². The minimum absolute atomic E-state index is 0.133. The van der Waals surface area contributed by atoms with Crippen molar-refractivity contribution in [1.29, 1.82) is 0 Å². The number of fused-ring (bicyclic) bond motifs is 1. The van der Waals surface area contributed by atoms with Gasteiger partial charge in [-0.15, -0.1) is 0 Å². The van der Waals surface area contributed by atoms with Gasteiger partial charge in [0.25, 0.3) is 0 Å². The maximum atomic E-state index is 13.8. The van der Waals surface area contributed by atoms with Crippen LogP contribution in [-0.4, -0.2) is 9.55 Å². The highest BCUT2D eigenvalue weighted by Crippen LogP contribution is 2.29. The minimum atomic E-state index is -0.827. The van der Waals surface area contributed by atoms with E-state index in [1.165, 1.54) is 12.1 Å². The van der Waals surface area contributed by atoms with Crippen LogP contribution >= 0.6 is 11.6 Å². The molecule has 20 heavy (non-hydrogen) atoms. The Balaban J connectivity index is 2.42. The van der Waals surface area contributed by atoms with Crippen molar-refractivity contribution in [3.05, 3.63) is 52.8 Å². The van der Waals surface area contributed by atoms with Crippen LogP contribution in [0.25, 0.3) is 16.7 Å². The predicted octanol–water partition coefficient (Wildman–Crippen LogP) is 3.68. The van der Waals surface area contributed by atoms with Crippen molar-refractivity contribution < 1.29 is 13.2 Å². The molecule has 0 saturated carbocycles. The third-order valence-electron chi connectivity index (χ3n) is 2.88. The molecular weight excluding hydrogens is 291 g/mol. The molecule has 1 aromatic heterocycles. The molecule has 0 aliphatic heterocycles. The van der Waals surface area contributed by atoms with Crippen molar-refractivity contribution in [2.75, 3.05) is 5.73 Å². The van der Waals surface area contributed by atoms with E-state index >= 15 is 0 Å². The van der Waals surface area contributed by atoms with Crippen molar-refractivity contribution in [3.63, 3.8) is 0 Å². The number of rotatable bonds is 1. The van der Waals surface area contributed by atoms with Crippen molar-refractivity contribution in [2.24, 2.45) is 0 Å². The predicted molar refractivity (Wildman–Crippen MR) is 70.4 cm³/mol. The van der Waals surface area contributed by atoms with E-state index in [0.717, 1.165) is 22.8 Å². The molecule has 0 aliphatic rings. The quantitative estimate of drug-likeness (QED) is 0.744. The number of benzene rings is 2. The summed E-state index contributed by atoms with van der Waals surface area (Å²) in [5, 5.41) is -0.142. The van der Waals surface area contributed by atoms with E-state index in [-0.39, 0.29) is 22.0 Å². The van der Waals surface area contributed by atoms with E-state index in [1.807, 2.05) is 0 Å². The Morgan fingerprint density at radius 3 is 2.35 bits per heavy atom. The summed E-state index contributed by atoms with van der Waals surface area (Å²) in [5.74, 6) is -2.54. The number of aromatic nitrogens is 2. The first-order valence-corrected chi connectivity index (χ1v) is 5.94. The number of imidazole rings is 1. The highest BCUT2D eigenvalue weighted by Gasteiger charge is 2.18. The van der Waals surface area contributed by atoms with Crippen LogP contribution in [0.5, 0.6) is 0 Å². The van der Waals surface area contributed by atoms with Gasteiger partial charge in [0, 0.05) is 6.07 Å². The second kappa shape index (κ2) is 4.42. The van der Waals surface area contributed by atoms with Crippen LogP contribution in [0.4, 0.5) is 19.1 Å². The second-order valence-electron chi connectivity index (χ2n) is 4.13. The summed E-state index contributed by atoms with van der Waals surface area (Å²) < 4.78 is 42.2. The summed E-state index contributed by atoms with van der Waals surface area (Å²) >= 11 is 5.64. The number of para-hydroxylation sites is 1. The first-order valence-electron chi connectivity index (χ1n) is 5.56. The molecular formula is C13H7ClF3N3. The van der Waals surface area contributed by atoms with E-state index in [0.29, 0.717) is 0 Å². The lowest BCUT2D eigenvalue weighted by Gasteiger charge is -2.09. The lowest BCUT2D eigenvalue weighted by Crippen LogP contribution is -2.05. The molecule has 3 aromatic rings. The number of anilines is 1. The van der Waals surface area contributed by atoms with Crippen LogP contribution in [-0.2, 0) is 0 Å². The maximum absolute atomic E-state index is 13.8. The van der Waals surface area contributed by atoms with E-state index in [2.05, 4.69) is 4.98 Å². The first-order chi connectivity index (χ1) is 9.49. The number of hydrogen-bond donors (Lipinski definition) is 1. The molecule has 0 bridgehead atoms. The average Bonchev–Trinajstić information content (AvgIpc) is 2.67. The topological polar surface area (TPSA) is 43.8 Å².